The molecule has 0 aliphatic carbocycles. The smallest absolute Gasteiger partial charge is 0.124 e. The molecule has 0 saturated heterocycles. The number of carbonyl (C=O) groups is 1. The molecule has 0 heterocycles. The zero-order valence-corrected chi connectivity index (χ0v) is 6.90. The number of carbonyl (C=O) groups excluding carboxylic acids is 1. The van der Waals surface area contributed by atoms with Crippen molar-refractivity contribution in [2.45, 2.75) is 6.42 Å². The highest BCUT2D eigenvalue weighted by atomic mass is 19.1. The van der Waals surface area contributed by atoms with Gasteiger partial charge in [0.05, 0.1) is 0 Å². The third-order valence-electron chi connectivity index (χ3n) is 1.52. The molecule has 0 fully saturated rings. The molecule has 1 aromatic carbocycles. The van der Waals surface area contributed by atoms with Crippen molar-refractivity contribution >= 4 is 12.4 Å². The molecule has 13 heavy (non-hydrogen) atoms. The molecule has 0 amide bonds. The molecule has 3 heteroatoms. The summed E-state index contributed by atoms with van der Waals surface area (Å²) in [5.74, 6) is -0.410. The minimum absolute atomic E-state index is 0.00329. The van der Waals surface area contributed by atoms with Crippen LogP contribution in [0.2, 0.25) is 0 Å². The maximum Gasteiger partial charge on any atom is 0.124 e. The number of phenolic OH excluding ortho intramolecular Hbond substituents is 1. The number of rotatable bonds is 3. The van der Waals surface area contributed by atoms with E-state index < -0.39 is 5.82 Å². The molecule has 0 radical (unpaired) electrons. The highest BCUT2D eigenvalue weighted by Crippen LogP contribution is 2.19. The van der Waals surface area contributed by atoms with E-state index in [4.69, 9.17) is 0 Å². The van der Waals surface area contributed by atoms with E-state index in [2.05, 4.69) is 0 Å². The minimum Gasteiger partial charge on any atom is -0.507 e. The van der Waals surface area contributed by atoms with Crippen LogP contribution >= 0.6 is 0 Å². The summed E-state index contributed by atoms with van der Waals surface area (Å²) in [5, 5.41) is 9.23. The van der Waals surface area contributed by atoms with Crippen LogP contribution in [0.25, 0.3) is 6.08 Å². The first-order chi connectivity index (χ1) is 6.24. The molecule has 0 unspecified atom stereocenters. The average molecular weight is 180 g/mol. The highest BCUT2D eigenvalue weighted by Gasteiger charge is 1.97. The standard InChI is InChI=1S/C10H9FO2/c11-9-4-5-10(13)8(7-9)3-1-2-6-12/h1,3-7,13H,2H2. The Morgan fingerprint density at radius 3 is 2.92 bits per heavy atom. The minimum atomic E-state index is -0.413. The van der Waals surface area contributed by atoms with Gasteiger partial charge in [-0.1, -0.05) is 12.2 Å². The fourth-order valence-corrected chi connectivity index (χ4v) is 0.909. The number of halogens is 1. The van der Waals surface area contributed by atoms with Gasteiger partial charge < -0.3 is 9.90 Å². The van der Waals surface area contributed by atoms with Gasteiger partial charge in [0.1, 0.15) is 17.9 Å². The summed E-state index contributed by atoms with van der Waals surface area (Å²) >= 11 is 0. The summed E-state index contributed by atoms with van der Waals surface area (Å²) in [6.45, 7) is 0. The van der Waals surface area contributed by atoms with Crippen molar-refractivity contribution in [3.63, 3.8) is 0 Å². The Bertz CT molecular complexity index is 332. The Hall–Kier alpha value is -1.64. The summed E-state index contributed by atoms with van der Waals surface area (Å²) in [5.41, 5.74) is 0.377. The molecule has 1 N–H and O–H groups in total. The van der Waals surface area contributed by atoms with Crippen LogP contribution in [-0.2, 0) is 4.79 Å². The summed E-state index contributed by atoms with van der Waals surface area (Å²) in [6, 6.07) is 3.65. The molecule has 0 aliphatic rings. The normalized spacial score (nSPS) is 10.5. The number of aromatic hydroxyl groups is 1. The summed E-state index contributed by atoms with van der Waals surface area (Å²) in [7, 11) is 0. The van der Waals surface area contributed by atoms with Gasteiger partial charge in [-0.05, 0) is 18.2 Å². The second kappa shape index (κ2) is 4.40. The second-order valence-corrected chi connectivity index (χ2v) is 2.51. The van der Waals surface area contributed by atoms with Crippen molar-refractivity contribution in [1.82, 2.24) is 0 Å². The highest BCUT2D eigenvalue weighted by molar-refractivity contribution is 5.61. The van der Waals surface area contributed by atoms with Crippen LogP contribution in [0.5, 0.6) is 5.75 Å². The van der Waals surface area contributed by atoms with E-state index in [1.54, 1.807) is 6.08 Å². The quantitative estimate of drug-likeness (QED) is 0.723. The van der Waals surface area contributed by atoms with Gasteiger partial charge in [-0.15, -0.1) is 0 Å². The number of phenols is 1. The van der Waals surface area contributed by atoms with E-state index in [9.17, 15) is 14.3 Å². The van der Waals surface area contributed by atoms with E-state index in [-0.39, 0.29) is 12.2 Å². The summed E-state index contributed by atoms with van der Waals surface area (Å²) < 4.78 is 12.6. The first-order valence-electron chi connectivity index (χ1n) is 3.82. The molecule has 68 valence electrons. The topological polar surface area (TPSA) is 37.3 Å². The average Bonchev–Trinajstić information content (AvgIpc) is 2.11. The van der Waals surface area contributed by atoms with Crippen LogP contribution in [0, 0.1) is 5.82 Å². The number of aldehydes is 1. The van der Waals surface area contributed by atoms with Gasteiger partial charge in [0.2, 0.25) is 0 Å². The lowest BCUT2D eigenvalue weighted by Gasteiger charge is -1.97. The second-order valence-electron chi connectivity index (χ2n) is 2.51. The van der Waals surface area contributed by atoms with Crippen molar-refractivity contribution in [3.05, 3.63) is 35.7 Å². The van der Waals surface area contributed by atoms with Gasteiger partial charge in [-0.2, -0.15) is 0 Å². The molecule has 1 aromatic rings. The van der Waals surface area contributed by atoms with Gasteiger partial charge in [-0.25, -0.2) is 4.39 Å². The third kappa shape index (κ3) is 2.71. The van der Waals surface area contributed by atoms with E-state index in [0.29, 0.717) is 5.56 Å². The van der Waals surface area contributed by atoms with Gasteiger partial charge in [0.25, 0.3) is 0 Å². The molecule has 0 aromatic heterocycles. The Labute approximate surface area is 75.3 Å². The first-order valence-corrected chi connectivity index (χ1v) is 3.82. The molecule has 1 rings (SSSR count). The van der Waals surface area contributed by atoms with Crippen molar-refractivity contribution in [2.75, 3.05) is 0 Å². The van der Waals surface area contributed by atoms with Crippen molar-refractivity contribution in [3.8, 4) is 5.75 Å². The zero-order chi connectivity index (χ0) is 9.68. The Morgan fingerprint density at radius 2 is 2.23 bits per heavy atom. The first kappa shape index (κ1) is 9.45. The van der Waals surface area contributed by atoms with Crippen molar-refractivity contribution < 1.29 is 14.3 Å². The predicted octanol–water partition coefficient (Wildman–Crippen LogP) is 2.13. The third-order valence-corrected chi connectivity index (χ3v) is 1.52. The molecule has 0 aliphatic heterocycles. The summed E-state index contributed by atoms with van der Waals surface area (Å²) in [6.07, 6.45) is 4.05. The van der Waals surface area contributed by atoms with Gasteiger partial charge in [-0.3, -0.25) is 0 Å². The van der Waals surface area contributed by atoms with E-state index in [1.165, 1.54) is 24.3 Å². The van der Waals surface area contributed by atoms with Gasteiger partial charge in [0, 0.05) is 12.0 Å². The van der Waals surface area contributed by atoms with E-state index >= 15 is 0 Å². The maximum atomic E-state index is 12.6. The lowest BCUT2D eigenvalue weighted by atomic mass is 10.2. The summed E-state index contributed by atoms with van der Waals surface area (Å²) in [4.78, 5) is 9.96. The number of allylic oxidation sites excluding steroid dienone is 1. The Morgan fingerprint density at radius 1 is 1.46 bits per heavy atom. The lowest BCUT2D eigenvalue weighted by molar-refractivity contribution is -0.107. The van der Waals surface area contributed by atoms with Crippen molar-refractivity contribution in [2.24, 2.45) is 0 Å². The molecule has 0 spiro atoms. The number of benzene rings is 1. The van der Waals surface area contributed by atoms with Crippen LogP contribution in [0.4, 0.5) is 4.39 Å². The van der Waals surface area contributed by atoms with Gasteiger partial charge in [0.15, 0.2) is 0 Å². The Balaban J connectivity index is 2.86. The van der Waals surface area contributed by atoms with Crippen molar-refractivity contribution in [1.29, 1.82) is 0 Å². The predicted molar refractivity (Wildman–Crippen MR) is 47.8 cm³/mol. The lowest BCUT2D eigenvalue weighted by Crippen LogP contribution is -1.78. The molecular weight excluding hydrogens is 171 g/mol. The van der Waals surface area contributed by atoms with Crippen LogP contribution in [0.1, 0.15) is 12.0 Å². The van der Waals surface area contributed by atoms with Crippen LogP contribution in [0.15, 0.2) is 24.3 Å². The molecule has 2 nitrogen and oxygen atoms in total. The van der Waals surface area contributed by atoms with Gasteiger partial charge >= 0.3 is 0 Å². The number of hydrogen-bond acceptors (Lipinski definition) is 2. The largest absolute Gasteiger partial charge is 0.507 e. The van der Waals surface area contributed by atoms with E-state index in [0.717, 1.165) is 6.29 Å². The van der Waals surface area contributed by atoms with Crippen LogP contribution in [-0.4, -0.2) is 11.4 Å². The Kier molecular flexibility index (Phi) is 3.20. The molecule has 0 saturated carbocycles. The molecule has 0 bridgehead atoms. The molecular formula is C10H9FO2. The fourth-order valence-electron chi connectivity index (χ4n) is 0.909. The van der Waals surface area contributed by atoms with Crippen LogP contribution < -0.4 is 0 Å². The maximum absolute atomic E-state index is 12.6. The van der Waals surface area contributed by atoms with E-state index in [1.807, 2.05) is 0 Å². The van der Waals surface area contributed by atoms with Crippen LogP contribution in [0.3, 0.4) is 0 Å². The monoisotopic (exact) mass is 180 g/mol. The molecule has 0 atom stereocenters. The number of hydrogen-bond donors (Lipinski definition) is 1. The SMILES string of the molecule is O=CCC=Cc1cc(F)ccc1O. The zero-order valence-electron chi connectivity index (χ0n) is 6.90. The fraction of sp³-hybridized carbons (Fsp3) is 0.100.